The van der Waals surface area contributed by atoms with Gasteiger partial charge in [0.1, 0.15) is 0 Å². The highest BCUT2D eigenvalue weighted by Gasteiger charge is 2.08. The maximum absolute atomic E-state index is 12.4. The fraction of sp³-hybridized carbons (Fsp3) is 0.125. The molecule has 2 aromatic rings. The van der Waals surface area contributed by atoms with Gasteiger partial charge in [-0.3, -0.25) is 0 Å². The lowest BCUT2D eigenvalue weighted by molar-refractivity contribution is 0.396. The molecule has 0 spiro atoms. The van der Waals surface area contributed by atoms with Gasteiger partial charge in [-0.1, -0.05) is 0 Å². The minimum absolute atomic E-state index is 0.113. The average Bonchev–Trinajstić information content (AvgIpc) is 2.58. The first-order chi connectivity index (χ1) is 6.76. The minimum atomic E-state index is 0.113. The lowest BCUT2D eigenvalue weighted by Gasteiger charge is -2.02. The molecule has 2 aromatic heterocycles. The largest absolute Gasteiger partial charge is 0.480 e. The van der Waals surface area contributed by atoms with Gasteiger partial charge in [-0.25, -0.2) is 3.97 Å². The third-order valence-electron chi connectivity index (χ3n) is 1.82. The number of pyridine rings is 1. The van der Waals surface area contributed by atoms with Crippen molar-refractivity contribution in [2.24, 2.45) is 0 Å². The predicted molar refractivity (Wildman–Crippen MR) is 58.1 cm³/mol. The Morgan fingerprint density at radius 1 is 1.64 bits per heavy atom. The fourth-order valence-electron chi connectivity index (χ4n) is 1.19. The van der Waals surface area contributed by atoms with E-state index in [9.17, 15) is 3.89 Å². The number of hydrogen-bond acceptors (Lipinski definition) is 3. The van der Waals surface area contributed by atoms with Crippen LogP contribution < -0.4 is 4.74 Å². The molecular formula is C8H6BrFN2OS. The predicted octanol–water partition coefficient (Wildman–Crippen LogP) is 3.19. The molecular weight excluding hydrogens is 271 g/mol. The molecule has 0 radical (unpaired) electrons. The van der Waals surface area contributed by atoms with E-state index in [1.54, 1.807) is 12.3 Å². The Labute approximate surface area is 92.8 Å². The summed E-state index contributed by atoms with van der Waals surface area (Å²) in [6, 6.07) is 3.63. The molecule has 74 valence electrons. The van der Waals surface area contributed by atoms with Crippen molar-refractivity contribution >= 4 is 39.3 Å². The maximum Gasteiger partial charge on any atom is 0.229 e. The Bertz CT molecular complexity index is 474. The molecule has 0 aliphatic carbocycles. The molecule has 3 nitrogen and oxygen atoms in total. The highest BCUT2D eigenvalue weighted by molar-refractivity contribution is 9.10. The van der Waals surface area contributed by atoms with Crippen LogP contribution in [0.25, 0.3) is 11.0 Å². The summed E-state index contributed by atoms with van der Waals surface area (Å²) in [7, 11) is 1.52. The molecule has 2 rings (SSSR count). The van der Waals surface area contributed by atoms with Crippen LogP contribution in [-0.4, -0.2) is 16.1 Å². The highest BCUT2D eigenvalue weighted by Crippen LogP contribution is 2.29. The van der Waals surface area contributed by atoms with Crippen molar-refractivity contribution in [3.63, 3.8) is 0 Å². The SMILES string of the molecule is COc1nc2c(ccn2SF)cc1Br. The minimum Gasteiger partial charge on any atom is -0.480 e. The number of nitrogens with zero attached hydrogens (tertiary/aromatic N) is 2. The van der Waals surface area contributed by atoms with Gasteiger partial charge in [0.05, 0.1) is 11.6 Å². The first-order valence-corrected chi connectivity index (χ1v) is 5.23. The highest BCUT2D eigenvalue weighted by atomic mass is 79.9. The molecule has 0 aromatic carbocycles. The Kier molecular flexibility index (Phi) is 2.64. The molecule has 2 heterocycles. The van der Waals surface area contributed by atoms with Crippen LogP contribution in [0, 0.1) is 0 Å². The van der Waals surface area contributed by atoms with Gasteiger partial charge in [0.25, 0.3) is 0 Å². The van der Waals surface area contributed by atoms with Gasteiger partial charge >= 0.3 is 0 Å². The van der Waals surface area contributed by atoms with E-state index in [2.05, 4.69) is 20.9 Å². The zero-order chi connectivity index (χ0) is 10.1. The van der Waals surface area contributed by atoms with E-state index >= 15 is 0 Å². The number of rotatable bonds is 2. The van der Waals surface area contributed by atoms with E-state index in [4.69, 9.17) is 4.74 Å². The third-order valence-corrected chi connectivity index (χ3v) is 2.83. The second-order valence-electron chi connectivity index (χ2n) is 2.60. The van der Waals surface area contributed by atoms with Gasteiger partial charge in [-0.2, -0.15) is 4.98 Å². The summed E-state index contributed by atoms with van der Waals surface area (Å²) in [5.41, 5.74) is 0.553. The smallest absolute Gasteiger partial charge is 0.229 e. The molecule has 6 heteroatoms. The van der Waals surface area contributed by atoms with Crippen LogP contribution in [0.3, 0.4) is 0 Å². The lowest BCUT2D eigenvalue weighted by atomic mass is 10.3. The zero-order valence-corrected chi connectivity index (χ0v) is 9.60. The number of fused-ring (bicyclic) bond motifs is 1. The Morgan fingerprint density at radius 3 is 3.07 bits per heavy atom. The lowest BCUT2D eigenvalue weighted by Crippen LogP contribution is -1.91. The summed E-state index contributed by atoms with van der Waals surface area (Å²) in [6.45, 7) is 0. The monoisotopic (exact) mass is 276 g/mol. The average molecular weight is 277 g/mol. The van der Waals surface area contributed by atoms with Crippen LogP contribution in [0.1, 0.15) is 0 Å². The Morgan fingerprint density at radius 2 is 2.43 bits per heavy atom. The third kappa shape index (κ3) is 1.48. The number of methoxy groups -OCH3 is 1. The van der Waals surface area contributed by atoms with E-state index in [0.717, 1.165) is 9.86 Å². The normalized spacial score (nSPS) is 10.8. The first kappa shape index (κ1) is 9.79. The molecule has 0 unspecified atom stereocenters. The van der Waals surface area contributed by atoms with Crippen molar-refractivity contribution in [1.82, 2.24) is 8.96 Å². The second kappa shape index (κ2) is 3.78. The molecule has 0 saturated heterocycles. The van der Waals surface area contributed by atoms with Crippen molar-refractivity contribution < 1.29 is 8.62 Å². The number of ether oxygens (including phenoxy) is 1. The molecule has 0 bridgehead atoms. The van der Waals surface area contributed by atoms with Gasteiger partial charge in [0.2, 0.25) is 5.88 Å². The summed E-state index contributed by atoms with van der Waals surface area (Å²) in [6.07, 6.45) is 1.62. The quantitative estimate of drug-likeness (QED) is 0.843. The Balaban J connectivity index is 2.70. The fourth-order valence-corrected chi connectivity index (χ4v) is 2.01. The van der Waals surface area contributed by atoms with Crippen LogP contribution in [-0.2, 0) is 0 Å². The van der Waals surface area contributed by atoms with Gasteiger partial charge in [-0.15, -0.1) is 3.89 Å². The van der Waals surface area contributed by atoms with Crippen molar-refractivity contribution in [3.05, 3.63) is 22.8 Å². The first-order valence-electron chi connectivity index (χ1n) is 3.77. The molecule has 0 saturated carbocycles. The standard InChI is InChI=1S/C8H6BrFN2OS/c1-13-8-6(9)4-5-2-3-12(14-10)7(5)11-8/h2-4H,1H3. The molecule has 0 atom stereocenters. The molecule has 0 N–H and O–H groups in total. The summed E-state index contributed by atoms with van der Waals surface area (Å²) < 4.78 is 19.5. The van der Waals surface area contributed by atoms with Gasteiger partial charge in [0, 0.05) is 11.6 Å². The Hall–Kier alpha value is -0.750. The van der Waals surface area contributed by atoms with Crippen molar-refractivity contribution in [2.45, 2.75) is 0 Å². The maximum atomic E-state index is 12.4. The summed E-state index contributed by atoms with van der Waals surface area (Å²) in [5.74, 6) is 0.450. The van der Waals surface area contributed by atoms with Crippen molar-refractivity contribution in [2.75, 3.05) is 7.11 Å². The molecule has 0 aliphatic rings. The van der Waals surface area contributed by atoms with Gasteiger partial charge in [-0.05, 0) is 28.1 Å². The van der Waals surface area contributed by atoms with Gasteiger partial charge < -0.3 is 4.74 Å². The number of hydrogen-bond donors (Lipinski definition) is 0. The second-order valence-corrected chi connectivity index (χ2v) is 3.99. The van der Waals surface area contributed by atoms with Crippen molar-refractivity contribution in [1.29, 1.82) is 0 Å². The van der Waals surface area contributed by atoms with E-state index < -0.39 is 0 Å². The van der Waals surface area contributed by atoms with E-state index in [1.165, 1.54) is 11.1 Å². The number of halogens is 2. The van der Waals surface area contributed by atoms with Crippen molar-refractivity contribution in [3.8, 4) is 5.88 Å². The number of aromatic nitrogens is 2. The molecule has 0 fully saturated rings. The molecule has 0 amide bonds. The van der Waals surface area contributed by atoms with Crippen LogP contribution in [0.2, 0.25) is 0 Å². The van der Waals surface area contributed by atoms with E-state index in [1.807, 2.05) is 6.07 Å². The molecule has 14 heavy (non-hydrogen) atoms. The van der Waals surface area contributed by atoms with Crippen LogP contribution >= 0.6 is 28.3 Å². The summed E-state index contributed by atoms with van der Waals surface area (Å²) in [5, 5.41) is 0.864. The molecule has 0 aliphatic heterocycles. The summed E-state index contributed by atoms with van der Waals surface area (Å²) >= 11 is 3.42. The van der Waals surface area contributed by atoms with E-state index in [0.29, 0.717) is 11.5 Å². The van der Waals surface area contributed by atoms with E-state index in [-0.39, 0.29) is 12.3 Å². The van der Waals surface area contributed by atoms with Gasteiger partial charge in [0.15, 0.2) is 18.0 Å². The van der Waals surface area contributed by atoms with Crippen LogP contribution in [0.5, 0.6) is 5.88 Å². The zero-order valence-electron chi connectivity index (χ0n) is 7.20. The topological polar surface area (TPSA) is 27.1 Å². The van der Waals surface area contributed by atoms with Crippen LogP contribution in [0.4, 0.5) is 3.89 Å². The summed E-state index contributed by atoms with van der Waals surface area (Å²) in [4.78, 5) is 4.16. The van der Waals surface area contributed by atoms with Crippen LogP contribution in [0.15, 0.2) is 22.8 Å².